The van der Waals surface area contributed by atoms with Crippen molar-refractivity contribution in [1.29, 1.82) is 0 Å². The van der Waals surface area contributed by atoms with Gasteiger partial charge in [-0.15, -0.1) is 0 Å². The zero-order valence-electron chi connectivity index (χ0n) is 26.8. The fourth-order valence-electron chi connectivity index (χ4n) is 4.49. The van der Waals surface area contributed by atoms with E-state index in [0.29, 0.717) is 12.8 Å². The lowest BCUT2D eigenvalue weighted by atomic mass is 10.0. The van der Waals surface area contributed by atoms with Crippen molar-refractivity contribution in [3.63, 3.8) is 0 Å². The highest BCUT2D eigenvalue weighted by molar-refractivity contribution is 7.47. The lowest BCUT2D eigenvalue weighted by molar-refractivity contribution is -0.147. The molecule has 0 aromatic carbocycles. The third kappa shape index (κ3) is 27.7. The van der Waals surface area contributed by atoms with Gasteiger partial charge in [0.15, 0.2) is 6.04 Å². The van der Waals surface area contributed by atoms with Crippen LogP contribution in [-0.2, 0) is 32.7 Å². The summed E-state index contributed by atoms with van der Waals surface area (Å²) in [7, 11) is -4.72. The molecular formula is C31H60NO10P. The number of aliphatic hydroxyl groups is 1. The quantitative estimate of drug-likeness (QED) is 0.0359. The number of carboxylic acid groups (broad SMARTS) is 1. The van der Waals surface area contributed by atoms with Gasteiger partial charge in [0.2, 0.25) is 5.91 Å². The van der Waals surface area contributed by atoms with Crippen molar-refractivity contribution in [2.24, 2.45) is 0 Å². The van der Waals surface area contributed by atoms with E-state index < -0.39 is 57.6 Å². The van der Waals surface area contributed by atoms with E-state index in [1.165, 1.54) is 70.6 Å². The van der Waals surface area contributed by atoms with Crippen LogP contribution in [0.1, 0.15) is 149 Å². The van der Waals surface area contributed by atoms with Crippen molar-refractivity contribution in [2.45, 2.75) is 161 Å². The van der Waals surface area contributed by atoms with E-state index >= 15 is 0 Å². The molecule has 0 aliphatic rings. The van der Waals surface area contributed by atoms with E-state index in [0.717, 1.165) is 38.5 Å². The first-order chi connectivity index (χ1) is 20.6. The number of amides is 1. The predicted molar refractivity (Wildman–Crippen MR) is 167 cm³/mol. The Morgan fingerprint density at radius 3 is 1.56 bits per heavy atom. The van der Waals surface area contributed by atoms with Gasteiger partial charge >= 0.3 is 19.8 Å². The minimum absolute atomic E-state index is 0.140. The second-order valence-electron chi connectivity index (χ2n) is 11.4. The minimum Gasteiger partial charge on any atom is -0.480 e. The van der Waals surface area contributed by atoms with Gasteiger partial charge in [-0.1, -0.05) is 123 Å². The maximum absolute atomic E-state index is 12.1. The van der Waals surface area contributed by atoms with E-state index in [-0.39, 0.29) is 12.8 Å². The van der Waals surface area contributed by atoms with Crippen LogP contribution in [0.15, 0.2) is 0 Å². The molecule has 0 bridgehead atoms. The molecule has 43 heavy (non-hydrogen) atoms. The van der Waals surface area contributed by atoms with Crippen molar-refractivity contribution >= 4 is 25.7 Å². The van der Waals surface area contributed by atoms with Gasteiger partial charge < -0.3 is 25.2 Å². The number of phosphoric acid groups is 1. The summed E-state index contributed by atoms with van der Waals surface area (Å²) in [6, 6.07) is -1.53. The Morgan fingerprint density at radius 2 is 1.07 bits per heavy atom. The average Bonchev–Trinajstić information content (AvgIpc) is 2.97. The second kappa shape index (κ2) is 28.0. The summed E-state index contributed by atoms with van der Waals surface area (Å²) < 4.78 is 26.4. The van der Waals surface area contributed by atoms with Crippen LogP contribution in [0.4, 0.5) is 0 Å². The molecule has 1 amide bonds. The number of ether oxygens (including phenoxy) is 1. The Balaban J connectivity index is 3.87. The largest absolute Gasteiger partial charge is 0.480 e. The summed E-state index contributed by atoms with van der Waals surface area (Å²) in [6.07, 6.45) is 20.8. The van der Waals surface area contributed by atoms with Crippen LogP contribution in [0.2, 0.25) is 0 Å². The van der Waals surface area contributed by atoms with Gasteiger partial charge in [-0.3, -0.25) is 18.6 Å². The smallest absolute Gasteiger partial charge is 0.472 e. The number of phosphoric ester groups is 1. The molecule has 0 aliphatic heterocycles. The zero-order chi connectivity index (χ0) is 32.2. The van der Waals surface area contributed by atoms with Gasteiger partial charge in [0.1, 0.15) is 12.7 Å². The molecule has 0 fully saturated rings. The number of hydrogen-bond donors (Lipinski definition) is 4. The molecular weight excluding hydrogens is 577 g/mol. The molecule has 0 rings (SSSR count). The van der Waals surface area contributed by atoms with Crippen molar-refractivity contribution in [3.8, 4) is 0 Å². The number of esters is 1. The maximum atomic E-state index is 12.1. The Morgan fingerprint density at radius 1 is 0.651 bits per heavy atom. The topological polar surface area (TPSA) is 169 Å². The van der Waals surface area contributed by atoms with Crippen LogP contribution in [0, 0.1) is 0 Å². The number of unbranched alkanes of at least 4 members (excludes halogenated alkanes) is 17. The lowest BCUT2D eigenvalue weighted by Gasteiger charge is -2.18. The summed E-state index contributed by atoms with van der Waals surface area (Å²) >= 11 is 0. The first-order valence-corrected chi connectivity index (χ1v) is 18.1. The van der Waals surface area contributed by atoms with Gasteiger partial charge in [-0.25, -0.2) is 9.36 Å². The predicted octanol–water partition coefficient (Wildman–Crippen LogP) is 6.83. The normalized spacial score (nSPS) is 14.1. The lowest BCUT2D eigenvalue weighted by Crippen LogP contribution is -2.43. The first kappa shape index (κ1) is 41.5. The second-order valence-corrected chi connectivity index (χ2v) is 12.8. The summed E-state index contributed by atoms with van der Waals surface area (Å²) in [5.74, 6) is -2.39. The molecule has 3 atom stereocenters. The van der Waals surface area contributed by atoms with Crippen molar-refractivity contribution in [1.82, 2.24) is 5.32 Å². The highest BCUT2D eigenvalue weighted by atomic mass is 31.2. The third-order valence-corrected chi connectivity index (χ3v) is 8.10. The third-order valence-electron chi connectivity index (χ3n) is 7.15. The molecule has 0 spiro atoms. The van der Waals surface area contributed by atoms with Crippen LogP contribution in [0.25, 0.3) is 0 Å². The van der Waals surface area contributed by atoms with Crippen LogP contribution in [0.3, 0.4) is 0 Å². The standard InChI is InChI=1S/C31H60NO10P/c1-3-5-7-9-10-11-12-13-14-15-16-17-18-19-21-23-30(35)40-24-27(33)25-41-43(38,39)42-26-28(31(36)37)32-29(34)22-20-8-6-4-2/h27-28,33H,3-26H2,1-2H3,(H,32,34)(H,36,37)(H,38,39). The van der Waals surface area contributed by atoms with Crippen molar-refractivity contribution < 1.29 is 47.8 Å². The maximum Gasteiger partial charge on any atom is 0.472 e. The van der Waals surface area contributed by atoms with E-state index in [4.69, 9.17) is 4.74 Å². The van der Waals surface area contributed by atoms with Crippen LogP contribution >= 0.6 is 7.82 Å². The van der Waals surface area contributed by atoms with E-state index in [1.54, 1.807) is 0 Å². The van der Waals surface area contributed by atoms with Gasteiger partial charge in [-0.2, -0.15) is 0 Å². The number of hydrogen-bond acceptors (Lipinski definition) is 8. The summed E-state index contributed by atoms with van der Waals surface area (Å²) in [4.78, 5) is 45.0. The molecule has 4 N–H and O–H groups in total. The Labute approximate surface area is 259 Å². The molecule has 11 nitrogen and oxygen atoms in total. The Kier molecular flexibility index (Phi) is 27.0. The number of aliphatic hydroxyl groups excluding tert-OH is 1. The fourth-order valence-corrected chi connectivity index (χ4v) is 5.26. The number of aliphatic carboxylic acids is 1. The number of carbonyl (C=O) groups excluding carboxylic acids is 2. The molecule has 0 saturated carbocycles. The summed E-state index contributed by atoms with van der Waals surface area (Å²) in [5.41, 5.74) is 0. The molecule has 3 unspecified atom stereocenters. The van der Waals surface area contributed by atoms with E-state index in [2.05, 4.69) is 21.3 Å². The SMILES string of the molecule is CCCCCCCCCCCCCCCCCC(=O)OCC(O)COP(=O)(O)OCC(NC(=O)CCCCCC)C(=O)O. The van der Waals surface area contributed by atoms with Gasteiger partial charge in [0.05, 0.1) is 13.2 Å². The van der Waals surface area contributed by atoms with Gasteiger partial charge in [0, 0.05) is 12.8 Å². The van der Waals surface area contributed by atoms with E-state index in [1.807, 2.05) is 6.92 Å². The number of carboxylic acids is 1. The van der Waals surface area contributed by atoms with E-state index in [9.17, 15) is 34.1 Å². The number of carbonyl (C=O) groups is 3. The molecule has 0 radical (unpaired) electrons. The number of rotatable bonds is 31. The van der Waals surface area contributed by atoms with Gasteiger partial charge in [-0.05, 0) is 12.8 Å². The summed E-state index contributed by atoms with van der Waals surface area (Å²) in [5, 5.41) is 21.4. The highest BCUT2D eigenvalue weighted by Crippen LogP contribution is 2.43. The summed E-state index contributed by atoms with van der Waals surface area (Å²) in [6.45, 7) is 2.40. The van der Waals surface area contributed by atoms with Crippen molar-refractivity contribution in [3.05, 3.63) is 0 Å². The van der Waals surface area contributed by atoms with Gasteiger partial charge in [0.25, 0.3) is 0 Å². The molecule has 0 heterocycles. The van der Waals surface area contributed by atoms with Crippen LogP contribution < -0.4 is 5.32 Å². The Hall–Kier alpha value is -1.52. The number of nitrogens with one attached hydrogen (secondary N) is 1. The molecule has 0 aromatic rings. The fraction of sp³-hybridized carbons (Fsp3) is 0.903. The average molecular weight is 638 g/mol. The highest BCUT2D eigenvalue weighted by Gasteiger charge is 2.28. The Bertz CT molecular complexity index is 767. The van der Waals surface area contributed by atoms with Crippen LogP contribution in [0.5, 0.6) is 0 Å². The molecule has 12 heteroatoms. The molecule has 0 aliphatic carbocycles. The minimum atomic E-state index is -4.72. The van der Waals surface area contributed by atoms with Crippen LogP contribution in [-0.4, -0.2) is 64.9 Å². The zero-order valence-corrected chi connectivity index (χ0v) is 27.7. The molecule has 0 saturated heterocycles. The monoisotopic (exact) mass is 637 g/mol. The molecule has 0 aromatic heterocycles. The molecule has 254 valence electrons. The first-order valence-electron chi connectivity index (χ1n) is 16.6. The van der Waals surface area contributed by atoms with Crippen molar-refractivity contribution in [2.75, 3.05) is 19.8 Å².